The molecule has 4 aliphatic rings. The number of halogens is 3. The number of rotatable bonds is 11. The number of benzene rings is 4. The number of likely N-dealkylation sites (N-methyl/N-ethyl adjacent to an activating group) is 1. The third-order valence-corrected chi connectivity index (χ3v) is 15.3. The second-order valence-electron chi connectivity index (χ2n) is 19.2. The molecule has 1 aromatic heterocycles. The standard InChI is InChI=1S/C28H28ClF2N.C27H39N7O/c1-4-8-18-12-11-17(2)23(27(18)31)25-24-19(15-22(30)26(25)29)16-28(3,21(24)13-14-32)20-9-6-5-7-10-20;1-19-7-16-34(27(35)29-19)26-24-6-5-22(17-25(24)31(4)30-26)21-8-12-33(13-9-21)23-10-14-32(15-11-23)20(2)18-28-3/h5-7,9-15,21H,4,8,16,32H2,1-3H3;5-6,17,21,23,28H,1-2,7-16,18H2,3-4H3,(H,29,35)/b14-13-;. The van der Waals surface area contributed by atoms with Gasteiger partial charge in [-0.3, -0.25) is 9.58 Å². The summed E-state index contributed by atoms with van der Waals surface area (Å²) in [6, 6.07) is 22.6. The fourth-order valence-electron chi connectivity index (χ4n) is 11.3. The van der Waals surface area contributed by atoms with Crippen molar-refractivity contribution in [2.75, 3.05) is 51.2 Å². The van der Waals surface area contributed by atoms with Crippen LogP contribution in [0.15, 0.2) is 104 Å². The average molecular weight is 930 g/mol. The number of nitrogens with zero attached hydrogens (tertiary/aromatic N) is 5. The largest absolute Gasteiger partial charge is 0.405 e. The van der Waals surface area contributed by atoms with Gasteiger partial charge < -0.3 is 26.2 Å². The Hall–Kier alpha value is -5.49. The van der Waals surface area contributed by atoms with Crippen molar-refractivity contribution < 1.29 is 13.6 Å². The number of amides is 2. The van der Waals surface area contributed by atoms with Crippen LogP contribution < -0.4 is 21.3 Å². The van der Waals surface area contributed by atoms with E-state index in [-0.39, 0.29) is 28.2 Å². The van der Waals surface area contributed by atoms with E-state index in [0.717, 1.165) is 77.1 Å². The van der Waals surface area contributed by atoms with E-state index >= 15 is 8.78 Å². The van der Waals surface area contributed by atoms with E-state index in [4.69, 9.17) is 22.4 Å². The molecule has 2 unspecified atom stereocenters. The van der Waals surface area contributed by atoms with Crippen LogP contribution in [0, 0.1) is 18.6 Å². The number of fused-ring (bicyclic) bond motifs is 2. The summed E-state index contributed by atoms with van der Waals surface area (Å²) >= 11 is 6.59. The average Bonchev–Trinajstić information content (AvgIpc) is 3.81. The molecule has 2 atom stereocenters. The number of aromatic nitrogens is 2. The Labute approximate surface area is 400 Å². The molecule has 4 heterocycles. The summed E-state index contributed by atoms with van der Waals surface area (Å²) in [5.74, 6) is 0.300. The molecule has 0 spiro atoms. The van der Waals surface area contributed by atoms with Crippen LogP contribution in [0.1, 0.15) is 97.6 Å². The lowest BCUT2D eigenvalue weighted by molar-refractivity contribution is 0.0982. The Kier molecular flexibility index (Phi) is 14.6. The third kappa shape index (κ3) is 9.52. The molecular weight excluding hydrogens is 862 g/mol. The minimum absolute atomic E-state index is 0.0351. The predicted octanol–water partition coefficient (Wildman–Crippen LogP) is 11.0. The summed E-state index contributed by atoms with van der Waals surface area (Å²) in [5, 5.41) is 11.8. The van der Waals surface area contributed by atoms with Gasteiger partial charge in [-0.05, 0) is 129 Å². The van der Waals surface area contributed by atoms with Crippen LogP contribution in [0.5, 0.6) is 0 Å². The Morgan fingerprint density at radius 1 is 1.01 bits per heavy atom. The van der Waals surface area contributed by atoms with E-state index in [2.05, 4.69) is 70.8 Å². The highest BCUT2D eigenvalue weighted by Crippen LogP contribution is 2.55. The summed E-state index contributed by atoms with van der Waals surface area (Å²) in [6.45, 7) is 20.2. The zero-order chi connectivity index (χ0) is 47.6. The maximum atomic E-state index is 15.8. The first kappa shape index (κ1) is 48.0. The van der Waals surface area contributed by atoms with Crippen LogP contribution >= 0.6 is 11.6 Å². The Morgan fingerprint density at radius 2 is 1.75 bits per heavy atom. The molecule has 4 N–H and O–H groups in total. The number of urea groups is 1. The maximum Gasteiger partial charge on any atom is 0.327 e. The number of piperidine rings is 2. The van der Waals surface area contributed by atoms with Crippen LogP contribution in [-0.2, 0) is 25.3 Å². The van der Waals surface area contributed by atoms with Gasteiger partial charge in [-0.2, -0.15) is 5.10 Å². The van der Waals surface area contributed by atoms with Crippen molar-refractivity contribution in [1.29, 1.82) is 0 Å². The predicted molar refractivity (Wildman–Crippen MR) is 271 cm³/mol. The highest BCUT2D eigenvalue weighted by atomic mass is 35.5. The molecule has 12 heteroatoms. The van der Waals surface area contributed by atoms with Crippen molar-refractivity contribution in [2.45, 2.75) is 95.4 Å². The van der Waals surface area contributed by atoms with Crippen molar-refractivity contribution in [3.8, 4) is 11.1 Å². The van der Waals surface area contributed by atoms with Gasteiger partial charge in [-0.1, -0.05) is 99.6 Å². The topological polar surface area (TPSA) is 94.7 Å². The highest BCUT2D eigenvalue weighted by molar-refractivity contribution is 6.34. The number of likely N-dealkylation sites (tertiary alicyclic amines) is 2. The van der Waals surface area contributed by atoms with Crippen molar-refractivity contribution in [3.63, 3.8) is 0 Å². The van der Waals surface area contributed by atoms with E-state index in [1.54, 1.807) is 4.90 Å². The van der Waals surface area contributed by atoms with Crippen LogP contribution in [0.2, 0.25) is 5.02 Å². The van der Waals surface area contributed by atoms with Gasteiger partial charge in [0.15, 0.2) is 5.82 Å². The molecule has 3 saturated heterocycles. The summed E-state index contributed by atoms with van der Waals surface area (Å²) < 4.78 is 32.8. The lowest BCUT2D eigenvalue weighted by atomic mass is 9.71. The monoisotopic (exact) mass is 929 g/mol. The van der Waals surface area contributed by atoms with Gasteiger partial charge in [0, 0.05) is 84.9 Å². The highest BCUT2D eigenvalue weighted by Gasteiger charge is 2.45. The zero-order valence-corrected chi connectivity index (χ0v) is 40.7. The van der Waals surface area contributed by atoms with Crippen molar-refractivity contribution in [3.05, 3.63) is 154 Å². The summed E-state index contributed by atoms with van der Waals surface area (Å²) in [5.41, 5.74) is 15.0. The smallest absolute Gasteiger partial charge is 0.327 e. The maximum absolute atomic E-state index is 15.8. The molecule has 0 radical (unpaired) electrons. The molecule has 9 rings (SSSR count). The third-order valence-electron chi connectivity index (χ3n) is 14.9. The molecule has 4 aromatic carbocycles. The Morgan fingerprint density at radius 3 is 2.42 bits per heavy atom. The van der Waals surface area contributed by atoms with E-state index in [0.29, 0.717) is 48.0 Å². The minimum atomic E-state index is -0.520. The fourth-order valence-corrected chi connectivity index (χ4v) is 11.5. The quantitative estimate of drug-likeness (QED) is 0.122. The van der Waals surface area contributed by atoms with Crippen LogP contribution in [0.3, 0.4) is 0 Å². The number of hydrogen-bond donors (Lipinski definition) is 3. The number of aryl methyl sites for hydroxylation is 3. The summed E-state index contributed by atoms with van der Waals surface area (Å²) in [4.78, 5) is 19.4. The van der Waals surface area contributed by atoms with E-state index < -0.39 is 5.82 Å². The first-order valence-electron chi connectivity index (χ1n) is 24.0. The molecule has 0 saturated carbocycles. The molecule has 5 aromatic rings. The Bertz CT molecular complexity index is 2660. The van der Waals surface area contributed by atoms with E-state index in [1.807, 2.05) is 69.0 Å². The van der Waals surface area contributed by atoms with Gasteiger partial charge in [-0.15, -0.1) is 0 Å². The van der Waals surface area contributed by atoms with Crippen molar-refractivity contribution in [1.82, 2.24) is 30.2 Å². The van der Waals surface area contributed by atoms with E-state index in [1.165, 1.54) is 62.3 Å². The number of nitrogens with two attached hydrogens (primary N) is 1. The zero-order valence-electron chi connectivity index (χ0n) is 39.9. The first-order valence-corrected chi connectivity index (χ1v) is 24.4. The van der Waals surface area contributed by atoms with Crippen LogP contribution in [0.4, 0.5) is 19.4 Å². The molecule has 0 bridgehead atoms. The van der Waals surface area contributed by atoms with Crippen molar-refractivity contribution >= 4 is 34.4 Å². The minimum Gasteiger partial charge on any atom is -0.405 e. The fraction of sp³-hybridized carbons (Fsp3) is 0.418. The number of anilines is 1. The molecule has 3 fully saturated rings. The van der Waals surface area contributed by atoms with Gasteiger partial charge in [0.1, 0.15) is 11.6 Å². The summed E-state index contributed by atoms with van der Waals surface area (Å²) in [7, 11) is 3.95. The SMILES string of the molecule is C=C1CCN(c2nn(C)c3cc(C4CCN(C5CCN(C(=C)CNC)CC5)CC4)ccc23)C(=O)N1.CCCc1ccc(C)c(-c2c(Cl)c(F)cc3c2C(/C=C\N)C(C)(c2ccccc2)C3)c1F. The van der Waals surface area contributed by atoms with Gasteiger partial charge in [0.2, 0.25) is 0 Å². The lowest BCUT2D eigenvalue weighted by Crippen LogP contribution is -2.47. The molecule has 3 aliphatic heterocycles. The number of allylic oxidation sites excluding steroid dienone is 1. The normalized spacial score (nSPS) is 20.6. The van der Waals surface area contributed by atoms with Gasteiger partial charge in [0.25, 0.3) is 0 Å². The number of nitrogens with one attached hydrogen (secondary N) is 2. The molecule has 9 nitrogen and oxygen atoms in total. The van der Waals surface area contributed by atoms with E-state index in [9.17, 15) is 4.79 Å². The van der Waals surface area contributed by atoms with Gasteiger partial charge >= 0.3 is 6.03 Å². The number of hydrogen-bond acceptors (Lipinski definition) is 6. The number of carbonyl (C=O) groups is 1. The lowest BCUT2D eigenvalue weighted by Gasteiger charge is -2.43. The molecule has 2 amide bonds. The second-order valence-corrected chi connectivity index (χ2v) is 19.6. The second kappa shape index (κ2) is 20.4. The first-order chi connectivity index (χ1) is 32.3. The van der Waals surface area contributed by atoms with Crippen LogP contribution in [-0.4, -0.2) is 78.0 Å². The van der Waals surface area contributed by atoms with Crippen molar-refractivity contribution in [2.24, 2.45) is 12.8 Å². The molecule has 67 heavy (non-hydrogen) atoms. The molecule has 1 aliphatic carbocycles. The molecule has 354 valence electrons. The molecular formula is C55H67ClF2N8O. The van der Waals surface area contributed by atoms with Gasteiger partial charge in [0.05, 0.1) is 10.5 Å². The number of carbonyl (C=O) groups excluding carboxylic acids is 1. The Balaban J connectivity index is 0.000000182. The van der Waals surface area contributed by atoms with Gasteiger partial charge in [-0.25, -0.2) is 13.6 Å². The summed E-state index contributed by atoms with van der Waals surface area (Å²) in [6.07, 6.45) is 11.1. The van der Waals surface area contributed by atoms with Crippen LogP contribution in [0.25, 0.3) is 22.0 Å².